The molecule has 4 heteroatoms. The summed E-state index contributed by atoms with van der Waals surface area (Å²) in [4.78, 5) is 12.3. The molecule has 0 bridgehead atoms. The zero-order chi connectivity index (χ0) is 15.1. The van der Waals surface area contributed by atoms with Gasteiger partial charge in [-0.1, -0.05) is 25.5 Å². The minimum atomic E-state index is -0.188. The summed E-state index contributed by atoms with van der Waals surface area (Å²) in [6.07, 6.45) is 2.02. The summed E-state index contributed by atoms with van der Waals surface area (Å²) in [5.74, 6) is 0.422. The Balaban J connectivity index is 2.09. The van der Waals surface area contributed by atoms with Crippen molar-refractivity contribution in [2.75, 3.05) is 17.7 Å². The zero-order valence-corrected chi connectivity index (χ0v) is 12.1. The first kappa shape index (κ1) is 14.9. The zero-order valence-electron chi connectivity index (χ0n) is 12.1. The van der Waals surface area contributed by atoms with Gasteiger partial charge in [-0.25, -0.2) is 0 Å². The molecule has 0 aliphatic heterocycles. The molecule has 0 saturated carbocycles. The number of nitrogens with two attached hydrogens (primary N) is 1. The predicted molar refractivity (Wildman–Crippen MR) is 85.7 cm³/mol. The van der Waals surface area contributed by atoms with Gasteiger partial charge in [0.2, 0.25) is 0 Å². The van der Waals surface area contributed by atoms with E-state index < -0.39 is 0 Å². The van der Waals surface area contributed by atoms with Crippen LogP contribution in [-0.2, 0) is 0 Å². The third-order valence-electron chi connectivity index (χ3n) is 3.06. The van der Waals surface area contributed by atoms with E-state index in [1.165, 1.54) is 0 Å². The van der Waals surface area contributed by atoms with Crippen LogP contribution < -0.4 is 15.8 Å². The molecule has 2 aromatic carbocycles. The smallest absolute Gasteiger partial charge is 0.259 e. The maximum Gasteiger partial charge on any atom is 0.259 e. The number of anilines is 2. The number of carbonyl (C=O) groups excluding carboxylic acids is 1. The first-order valence-electron chi connectivity index (χ1n) is 7.09. The minimum absolute atomic E-state index is 0.188. The Morgan fingerprint density at radius 2 is 1.86 bits per heavy atom. The highest BCUT2D eigenvalue weighted by Gasteiger charge is 2.12. The number of hydrogen-bond acceptors (Lipinski definition) is 3. The van der Waals surface area contributed by atoms with E-state index in [1.807, 2.05) is 18.2 Å². The van der Waals surface area contributed by atoms with Crippen molar-refractivity contribution in [2.45, 2.75) is 19.8 Å². The van der Waals surface area contributed by atoms with Crippen LogP contribution in [0.3, 0.4) is 0 Å². The average molecular weight is 284 g/mol. The van der Waals surface area contributed by atoms with Gasteiger partial charge in [-0.3, -0.25) is 4.79 Å². The Kier molecular flexibility index (Phi) is 5.21. The van der Waals surface area contributed by atoms with Crippen LogP contribution in [0, 0.1) is 0 Å². The van der Waals surface area contributed by atoms with E-state index in [4.69, 9.17) is 10.5 Å². The van der Waals surface area contributed by atoms with Gasteiger partial charge in [-0.05, 0) is 42.8 Å². The number of rotatable bonds is 6. The summed E-state index contributed by atoms with van der Waals surface area (Å²) in [6.45, 7) is 2.71. The van der Waals surface area contributed by atoms with E-state index in [1.54, 1.807) is 30.3 Å². The second-order valence-corrected chi connectivity index (χ2v) is 4.77. The summed E-state index contributed by atoms with van der Waals surface area (Å²) in [7, 11) is 0. The highest BCUT2D eigenvalue weighted by Crippen LogP contribution is 2.20. The molecule has 0 spiro atoms. The van der Waals surface area contributed by atoms with E-state index in [9.17, 15) is 4.79 Å². The predicted octanol–water partition coefficient (Wildman–Crippen LogP) is 3.70. The molecule has 0 saturated heterocycles. The Morgan fingerprint density at radius 3 is 2.57 bits per heavy atom. The molecule has 4 nitrogen and oxygen atoms in total. The van der Waals surface area contributed by atoms with Crippen molar-refractivity contribution in [3.63, 3.8) is 0 Å². The maximum atomic E-state index is 12.3. The second kappa shape index (κ2) is 7.33. The maximum absolute atomic E-state index is 12.3. The number of para-hydroxylation sites is 1. The number of nitrogen functional groups attached to an aromatic ring is 1. The molecule has 2 aromatic rings. The van der Waals surface area contributed by atoms with Gasteiger partial charge in [0.15, 0.2) is 0 Å². The lowest BCUT2D eigenvalue weighted by Gasteiger charge is -2.11. The summed E-state index contributed by atoms with van der Waals surface area (Å²) in [6, 6.07) is 14.3. The minimum Gasteiger partial charge on any atom is -0.493 e. The fourth-order valence-corrected chi connectivity index (χ4v) is 1.87. The molecule has 21 heavy (non-hydrogen) atoms. The lowest BCUT2D eigenvalue weighted by atomic mass is 10.1. The van der Waals surface area contributed by atoms with Crippen LogP contribution in [0.2, 0.25) is 0 Å². The first-order chi connectivity index (χ1) is 10.2. The highest BCUT2D eigenvalue weighted by molar-refractivity contribution is 6.06. The second-order valence-electron chi connectivity index (χ2n) is 4.77. The summed E-state index contributed by atoms with van der Waals surface area (Å²) in [5.41, 5.74) is 7.53. The van der Waals surface area contributed by atoms with Crippen molar-refractivity contribution >= 4 is 17.3 Å². The van der Waals surface area contributed by atoms with E-state index >= 15 is 0 Å². The fourth-order valence-electron chi connectivity index (χ4n) is 1.87. The molecule has 0 aliphatic rings. The normalized spacial score (nSPS) is 10.1. The van der Waals surface area contributed by atoms with Gasteiger partial charge >= 0.3 is 0 Å². The van der Waals surface area contributed by atoms with Crippen LogP contribution in [-0.4, -0.2) is 12.5 Å². The molecule has 0 radical (unpaired) electrons. The molecule has 0 unspecified atom stereocenters. The molecular formula is C17H20N2O2. The van der Waals surface area contributed by atoms with Crippen LogP contribution in [0.4, 0.5) is 11.4 Å². The Hall–Kier alpha value is -2.49. The van der Waals surface area contributed by atoms with E-state index in [0.29, 0.717) is 29.3 Å². The van der Waals surface area contributed by atoms with Gasteiger partial charge in [0.1, 0.15) is 5.75 Å². The van der Waals surface area contributed by atoms with Crippen LogP contribution in [0.15, 0.2) is 48.5 Å². The quantitative estimate of drug-likeness (QED) is 0.628. The van der Waals surface area contributed by atoms with Gasteiger partial charge in [0.05, 0.1) is 12.2 Å². The highest BCUT2D eigenvalue weighted by atomic mass is 16.5. The molecular weight excluding hydrogens is 264 g/mol. The molecule has 3 N–H and O–H groups in total. The molecule has 2 rings (SSSR count). The third kappa shape index (κ3) is 4.24. The number of amides is 1. The van der Waals surface area contributed by atoms with Crippen LogP contribution in [0.5, 0.6) is 5.75 Å². The summed E-state index contributed by atoms with van der Waals surface area (Å²) < 4.78 is 5.67. The lowest BCUT2D eigenvalue weighted by molar-refractivity contribution is 0.102. The third-order valence-corrected chi connectivity index (χ3v) is 3.06. The lowest BCUT2D eigenvalue weighted by Crippen LogP contribution is -2.14. The van der Waals surface area contributed by atoms with E-state index in [2.05, 4.69) is 12.2 Å². The van der Waals surface area contributed by atoms with Crippen molar-refractivity contribution in [1.29, 1.82) is 0 Å². The molecule has 110 valence electrons. The van der Waals surface area contributed by atoms with Gasteiger partial charge in [-0.2, -0.15) is 0 Å². The van der Waals surface area contributed by atoms with Gasteiger partial charge in [0, 0.05) is 11.4 Å². The average Bonchev–Trinajstić information content (AvgIpc) is 2.50. The standard InChI is InChI=1S/C17H20N2O2/c1-2-3-12-21-16-7-5-4-6-15(16)17(20)19-14-10-8-13(18)9-11-14/h4-11H,2-3,12,18H2,1H3,(H,19,20). The summed E-state index contributed by atoms with van der Waals surface area (Å²) in [5, 5.41) is 2.84. The van der Waals surface area contributed by atoms with Crippen molar-refractivity contribution in [1.82, 2.24) is 0 Å². The molecule has 1 amide bonds. The monoisotopic (exact) mass is 284 g/mol. The van der Waals surface area contributed by atoms with Gasteiger partial charge in [-0.15, -0.1) is 0 Å². The molecule has 0 aromatic heterocycles. The van der Waals surface area contributed by atoms with Crippen molar-refractivity contribution in [2.24, 2.45) is 0 Å². The molecule has 0 fully saturated rings. The van der Waals surface area contributed by atoms with E-state index in [-0.39, 0.29) is 5.91 Å². The van der Waals surface area contributed by atoms with Crippen LogP contribution >= 0.6 is 0 Å². The topological polar surface area (TPSA) is 64.3 Å². The number of benzene rings is 2. The van der Waals surface area contributed by atoms with Gasteiger partial charge in [0.25, 0.3) is 5.91 Å². The van der Waals surface area contributed by atoms with Crippen molar-refractivity contribution < 1.29 is 9.53 Å². The number of ether oxygens (including phenoxy) is 1. The number of nitrogens with one attached hydrogen (secondary N) is 1. The van der Waals surface area contributed by atoms with Crippen molar-refractivity contribution in [3.8, 4) is 5.75 Å². The van der Waals surface area contributed by atoms with Crippen LogP contribution in [0.1, 0.15) is 30.1 Å². The Bertz CT molecular complexity index is 594. The van der Waals surface area contributed by atoms with Crippen LogP contribution in [0.25, 0.3) is 0 Å². The Labute approximate surface area is 124 Å². The summed E-state index contributed by atoms with van der Waals surface area (Å²) >= 11 is 0. The molecule has 0 atom stereocenters. The fraction of sp³-hybridized carbons (Fsp3) is 0.235. The number of hydrogen-bond donors (Lipinski definition) is 2. The molecule has 0 heterocycles. The number of unbranched alkanes of at least 4 members (excludes halogenated alkanes) is 1. The van der Waals surface area contributed by atoms with Crippen molar-refractivity contribution in [3.05, 3.63) is 54.1 Å². The van der Waals surface area contributed by atoms with E-state index in [0.717, 1.165) is 12.8 Å². The largest absolute Gasteiger partial charge is 0.493 e. The molecule has 0 aliphatic carbocycles. The number of carbonyl (C=O) groups is 1. The van der Waals surface area contributed by atoms with Gasteiger partial charge < -0.3 is 15.8 Å². The first-order valence-corrected chi connectivity index (χ1v) is 7.09. The SMILES string of the molecule is CCCCOc1ccccc1C(=O)Nc1ccc(N)cc1. The Morgan fingerprint density at radius 1 is 1.14 bits per heavy atom.